The zero-order chi connectivity index (χ0) is 35.2. The van der Waals surface area contributed by atoms with Crippen molar-refractivity contribution in [2.24, 2.45) is 51.6 Å². The average molecular weight is 688 g/mol. The van der Waals surface area contributed by atoms with E-state index in [0.29, 0.717) is 37.5 Å². The lowest BCUT2D eigenvalue weighted by atomic mass is 9.42. The number of ether oxygens (including phenoxy) is 1. The fraction of sp³-hybridized carbons (Fsp3) is 0.925. The smallest absolute Gasteiger partial charge is 0.159 e. The van der Waals surface area contributed by atoms with Crippen LogP contribution >= 0.6 is 0 Å². The van der Waals surface area contributed by atoms with Gasteiger partial charge in [0, 0.05) is 23.2 Å². The third-order valence-electron chi connectivity index (χ3n) is 16.7. The van der Waals surface area contributed by atoms with E-state index in [2.05, 4.69) is 12.2 Å². The number of epoxide rings is 1. The van der Waals surface area contributed by atoms with Crippen molar-refractivity contribution in [1.82, 2.24) is 0 Å². The van der Waals surface area contributed by atoms with Crippen LogP contribution in [-0.4, -0.2) is 85.7 Å². The van der Waals surface area contributed by atoms with Crippen molar-refractivity contribution < 1.29 is 40.4 Å². The minimum atomic E-state index is -1.38. The first-order valence-corrected chi connectivity index (χ1v) is 20.0. The lowest BCUT2D eigenvalue weighted by Gasteiger charge is -2.63. The largest absolute Gasteiger partial charge is 0.396 e. The first kappa shape index (κ1) is 36.4. The van der Waals surface area contributed by atoms with Crippen LogP contribution in [0.3, 0.4) is 0 Å². The Morgan fingerprint density at radius 2 is 1.69 bits per heavy atom. The van der Waals surface area contributed by atoms with E-state index in [4.69, 9.17) is 10.5 Å². The molecular weight excluding hydrogens is 620 g/mol. The molecule has 2 saturated heterocycles. The molecule has 7 rings (SSSR count). The molecule has 0 amide bonds. The highest BCUT2D eigenvalue weighted by Gasteiger charge is 2.73. The fourth-order valence-electron chi connectivity index (χ4n) is 13.3. The number of fused-ring (bicyclic) bond motifs is 5. The Hall–Kier alpha value is -0.910. The molecule has 9 heteroatoms. The van der Waals surface area contributed by atoms with E-state index in [1.807, 2.05) is 13.8 Å². The number of hydrogen-bond donors (Lipinski definition) is 7. The molecule has 4 saturated carbocycles. The number of nitrogens with two attached hydrogens (primary N) is 2. The molecule has 2 heterocycles. The number of aliphatic hydroxyl groups is 5. The zero-order valence-electron chi connectivity index (χ0n) is 30.7. The van der Waals surface area contributed by atoms with Gasteiger partial charge in [0.15, 0.2) is 5.78 Å². The van der Waals surface area contributed by atoms with E-state index in [-0.39, 0.29) is 41.7 Å². The van der Waals surface area contributed by atoms with Crippen LogP contribution in [0.15, 0.2) is 11.6 Å². The molecule has 5 aliphatic carbocycles. The average Bonchev–Trinajstić information content (AvgIpc) is 3.85. The van der Waals surface area contributed by atoms with E-state index >= 15 is 0 Å². The molecule has 49 heavy (non-hydrogen) atoms. The molecule has 0 radical (unpaired) electrons. The predicted octanol–water partition coefficient (Wildman–Crippen LogP) is 3.09. The van der Waals surface area contributed by atoms with Gasteiger partial charge in [-0.15, -0.1) is 0 Å². The van der Waals surface area contributed by atoms with Crippen molar-refractivity contribution in [3.05, 3.63) is 11.6 Å². The highest BCUT2D eigenvalue weighted by molar-refractivity contribution is 5.95. The summed E-state index contributed by atoms with van der Waals surface area (Å²) in [5.74, 6) is 0.602. The molecule has 6 fully saturated rings. The minimum absolute atomic E-state index is 0.0849. The number of carbonyl (C=O) groups excluding carboxylic acids is 1. The summed E-state index contributed by atoms with van der Waals surface area (Å²) in [6.07, 6.45) is 14.3. The molecular formula is C40H67N2O7+. The topological polar surface area (TPSA) is 173 Å². The molecule has 0 spiro atoms. The van der Waals surface area contributed by atoms with Gasteiger partial charge in [0.1, 0.15) is 18.4 Å². The maximum atomic E-state index is 14.1. The zero-order valence-corrected chi connectivity index (χ0v) is 30.7. The van der Waals surface area contributed by atoms with Gasteiger partial charge in [-0.1, -0.05) is 33.1 Å². The van der Waals surface area contributed by atoms with Crippen LogP contribution in [0.1, 0.15) is 130 Å². The van der Waals surface area contributed by atoms with E-state index < -0.39 is 45.9 Å². The Morgan fingerprint density at radius 1 is 0.959 bits per heavy atom. The number of hydrogen-bond acceptors (Lipinski definition) is 8. The van der Waals surface area contributed by atoms with Crippen molar-refractivity contribution in [2.75, 3.05) is 13.2 Å². The van der Waals surface area contributed by atoms with Gasteiger partial charge in [-0.25, -0.2) is 0 Å². The molecule has 9 nitrogen and oxygen atoms in total. The van der Waals surface area contributed by atoms with Crippen LogP contribution in [0.2, 0.25) is 0 Å². The first-order valence-electron chi connectivity index (χ1n) is 20.0. The van der Waals surface area contributed by atoms with Gasteiger partial charge in [-0.3, -0.25) is 10.5 Å². The summed E-state index contributed by atoms with van der Waals surface area (Å²) in [5.41, 5.74) is 1.47. The maximum Gasteiger partial charge on any atom is 0.159 e. The van der Waals surface area contributed by atoms with Crippen LogP contribution in [0.25, 0.3) is 0 Å². The molecule has 14 atom stereocenters. The number of piperidine rings is 1. The molecule has 14 unspecified atom stereocenters. The summed E-state index contributed by atoms with van der Waals surface area (Å²) >= 11 is 0. The molecule has 0 bridgehead atoms. The second kappa shape index (κ2) is 12.6. The van der Waals surface area contributed by atoms with Crippen LogP contribution in [0.5, 0.6) is 0 Å². The minimum Gasteiger partial charge on any atom is -0.396 e. The summed E-state index contributed by atoms with van der Waals surface area (Å²) in [6.45, 7) is 8.43. The van der Waals surface area contributed by atoms with Crippen LogP contribution in [0, 0.1) is 45.8 Å². The van der Waals surface area contributed by atoms with E-state index in [0.717, 1.165) is 69.9 Å². The summed E-state index contributed by atoms with van der Waals surface area (Å²) in [4.78, 5) is 14.1. The Bertz CT molecular complexity index is 1300. The van der Waals surface area contributed by atoms with E-state index in [1.54, 1.807) is 13.0 Å². The summed E-state index contributed by atoms with van der Waals surface area (Å²) in [7, 11) is 0. The molecule has 0 aromatic heterocycles. The SMILES string of the molecule is CC(O)(C1OC1C(C)(O)C(C)(CO)CCC1CC[NH2+]C(N)C1)C1CCC2(O)C3=CC(=O)C4CC(O)CCC4(C4CCCCC4)C3CCC12C. The van der Waals surface area contributed by atoms with Crippen molar-refractivity contribution in [3.63, 3.8) is 0 Å². The predicted molar refractivity (Wildman–Crippen MR) is 186 cm³/mol. The Morgan fingerprint density at radius 3 is 2.39 bits per heavy atom. The third kappa shape index (κ3) is 5.49. The van der Waals surface area contributed by atoms with Gasteiger partial charge in [0.05, 0.1) is 36.1 Å². The number of ketones is 1. The normalized spacial score (nSPS) is 47.9. The summed E-state index contributed by atoms with van der Waals surface area (Å²) < 4.78 is 6.26. The standard InChI is InChI=1S/C40H66N2O7/c1-35(23-43,15-10-24-14-19-42-32(41)20-24)38(4,47)34-33(49-34)37(3,46)31-13-18-40(48)28-22-30(45)29-21-26(44)11-17-39(29,25-8-6-5-7-9-25)27(28)12-16-36(31,40)2/h22,24-27,29,31-34,42-44,46-48H,5-21,23,41H2,1-4H3/p+1. The number of carbonyl (C=O) groups is 1. The number of rotatable bonds is 9. The van der Waals surface area contributed by atoms with Crippen molar-refractivity contribution >= 4 is 5.78 Å². The number of allylic oxidation sites excluding steroid dienone is 1. The lowest BCUT2D eigenvalue weighted by molar-refractivity contribution is -0.699. The van der Waals surface area contributed by atoms with E-state index in [9.17, 15) is 30.3 Å². The molecule has 2 aliphatic heterocycles. The second-order valence-electron chi connectivity index (χ2n) is 19.1. The van der Waals surface area contributed by atoms with Crippen molar-refractivity contribution in [3.8, 4) is 0 Å². The fourth-order valence-corrected chi connectivity index (χ4v) is 13.3. The summed E-state index contributed by atoms with van der Waals surface area (Å²) in [6, 6.07) is 0. The molecule has 0 aromatic carbocycles. The molecule has 0 aromatic rings. The second-order valence-corrected chi connectivity index (χ2v) is 19.1. The monoisotopic (exact) mass is 687 g/mol. The van der Waals surface area contributed by atoms with Gasteiger partial charge < -0.3 is 35.6 Å². The van der Waals surface area contributed by atoms with Crippen molar-refractivity contribution in [2.45, 2.75) is 172 Å². The quantitative estimate of drug-likeness (QED) is 0.181. The van der Waals surface area contributed by atoms with E-state index in [1.165, 1.54) is 19.3 Å². The molecule has 7 aliphatic rings. The molecule has 278 valence electrons. The van der Waals surface area contributed by atoms with Gasteiger partial charge in [-0.05, 0) is 132 Å². The highest BCUT2D eigenvalue weighted by Crippen LogP contribution is 2.71. The summed E-state index contributed by atoms with van der Waals surface area (Å²) in [5, 5.41) is 61.1. The highest BCUT2D eigenvalue weighted by atomic mass is 16.6. The van der Waals surface area contributed by atoms with Gasteiger partial charge in [-0.2, -0.15) is 0 Å². The lowest BCUT2D eigenvalue weighted by Crippen LogP contribution is -2.94. The number of quaternary nitrogens is 1. The van der Waals surface area contributed by atoms with Crippen LogP contribution in [0.4, 0.5) is 0 Å². The maximum absolute atomic E-state index is 14.1. The van der Waals surface area contributed by atoms with Gasteiger partial charge in [0.2, 0.25) is 0 Å². The Balaban J connectivity index is 1.13. The molecule has 9 N–H and O–H groups in total. The van der Waals surface area contributed by atoms with Crippen molar-refractivity contribution in [1.29, 1.82) is 0 Å². The van der Waals surface area contributed by atoms with Crippen LogP contribution in [-0.2, 0) is 9.53 Å². The van der Waals surface area contributed by atoms with Gasteiger partial charge in [0.25, 0.3) is 0 Å². The van der Waals surface area contributed by atoms with Gasteiger partial charge >= 0.3 is 0 Å². The number of aliphatic hydroxyl groups excluding tert-OH is 2. The third-order valence-corrected chi connectivity index (χ3v) is 16.7. The Labute approximate surface area is 293 Å². The van der Waals surface area contributed by atoms with Crippen LogP contribution < -0.4 is 11.1 Å². The first-order chi connectivity index (χ1) is 23.0. The Kier molecular flexibility index (Phi) is 9.37.